The van der Waals surface area contributed by atoms with Crippen molar-refractivity contribution in [1.82, 2.24) is 10.2 Å². The predicted octanol–water partition coefficient (Wildman–Crippen LogP) is 1.65. The number of carbonyl (C=O) groups excluding carboxylic acids is 2. The summed E-state index contributed by atoms with van der Waals surface area (Å²) in [6.45, 7) is 5.75. The Kier molecular flexibility index (Phi) is 7.06. The molecule has 1 atom stereocenters. The van der Waals surface area contributed by atoms with Gasteiger partial charge < -0.3 is 10.5 Å². The molecule has 0 bridgehead atoms. The van der Waals surface area contributed by atoms with Crippen LogP contribution in [0.15, 0.2) is 4.34 Å². The van der Waals surface area contributed by atoms with Gasteiger partial charge in [-0.05, 0) is 20.3 Å². The second-order valence-corrected chi connectivity index (χ2v) is 6.79. The van der Waals surface area contributed by atoms with E-state index in [4.69, 9.17) is 10.5 Å². The van der Waals surface area contributed by atoms with Crippen LogP contribution in [-0.2, 0) is 14.3 Å². The number of anilines is 1. The molecular formula is C12H20N4O3S2. The van der Waals surface area contributed by atoms with E-state index in [1.165, 1.54) is 23.1 Å². The summed E-state index contributed by atoms with van der Waals surface area (Å²) in [6.07, 6.45) is 1.40. The van der Waals surface area contributed by atoms with Crippen molar-refractivity contribution in [3.05, 3.63) is 0 Å². The Hall–Kier alpha value is -1.19. The smallest absolute Gasteiger partial charge is 0.316 e. The van der Waals surface area contributed by atoms with E-state index in [2.05, 4.69) is 15.5 Å². The van der Waals surface area contributed by atoms with E-state index < -0.39 is 5.54 Å². The van der Waals surface area contributed by atoms with Crippen molar-refractivity contribution in [2.45, 2.75) is 43.5 Å². The number of aromatic nitrogens is 2. The van der Waals surface area contributed by atoms with Crippen LogP contribution in [0.25, 0.3) is 0 Å². The summed E-state index contributed by atoms with van der Waals surface area (Å²) in [5.41, 5.74) is 5.00. The number of nitrogens with one attached hydrogen (secondary N) is 1. The van der Waals surface area contributed by atoms with Gasteiger partial charge in [-0.3, -0.25) is 14.9 Å². The summed E-state index contributed by atoms with van der Waals surface area (Å²) in [6, 6.07) is 0. The van der Waals surface area contributed by atoms with Crippen molar-refractivity contribution >= 4 is 40.1 Å². The van der Waals surface area contributed by atoms with E-state index in [1.807, 2.05) is 6.92 Å². The first kappa shape index (κ1) is 17.9. The molecule has 0 spiro atoms. The molecule has 0 fully saturated rings. The summed E-state index contributed by atoms with van der Waals surface area (Å²) in [5.74, 6) is -0.427. The standard InChI is InChI=1S/C12H20N4O3S2/c1-4-6-12(3,13)9(18)14-10-15-16-11(21-10)20-7-8(17)19-5-2/h4-7,13H2,1-3H3,(H,14,15,18). The van der Waals surface area contributed by atoms with Gasteiger partial charge in [0.1, 0.15) is 0 Å². The van der Waals surface area contributed by atoms with Crippen LogP contribution >= 0.6 is 23.1 Å². The van der Waals surface area contributed by atoms with Crippen LogP contribution in [0, 0.1) is 0 Å². The molecule has 1 rings (SSSR count). The molecule has 0 aliphatic heterocycles. The van der Waals surface area contributed by atoms with Crippen LogP contribution in [0.1, 0.15) is 33.6 Å². The number of nitrogens with two attached hydrogens (primary N) is 1. The van der Waals surface area contributed by atoms with Crippen LogP contribution in [0.2, 0.25) is 0 Å². The van der Waals surface area contributed by atoms with Gasteiger partial charge in [-0.1, -0.05) is 36.4 Å². The van der Waals surface area contributed by atoms with Crippen LogP contribution in [0.3, 0.4) is 0 Å². The number of hydrogen-bond donors (Lipinski definition) is 2. The lowest BCUT2D eigenvalue weighted by Gasteiger charge is -2.21. The van der Waals surface area contributed by atoms with Crippen molar-refractivity contribution in [2.24, 2.45) is 5.73 Å². The van der Waals surface area contributed by atoms with Crippen molar-refractivity contribution in [1.29, 1.82) is 0 Å². The quantitative estimate of drug-likeness (QED) is 0.423. The molecule has 1 unspecified atom stereocenters. The predicted molar refractivity (Wildman–Crippen MR) is 83.4 cm³/mol. The fraction of sp³-hybridized carbons (Fsp3) is 0.667. The number of carbonyl (C=O) groups is 2. The molecule has 7 nitrogen and oxygen atoms in total. The molecule has 0 saturated carbocycles. The lowest BCUT2D eigenvalue weighted by atomic mass is 9.97. The molecule has 21 heavy (non-hydrogen) atoms. The van der Waals surface area contributed by atoms with Gasteiger partial charge in [0.05, 0.1) is 17.9 Å². The minimum atomic E-state index is -0.932. The van der Waals surface area contributed by atoms with E-state index in [-0.39, 0.29) is 17.6 Å². The maximum Gasteiger partial charge on any atom is 0.316 e. The van der Waals surface area contributed by atoms with E-state index in [1.54, 1.807) is 13.8 Å². The molecule has 118 valence electrons. The molecule has 0 saturated heterocycles. The number of nitrogens with zero attached hydrogens (tertiary/aromatic N) is 2. The number of thioether (sulfide) groups is 1. The Morgan fingerprint density at radius 1 is 1.43 bits per heavy atom. The SMILES string of the molecule is CCCC(C)(N)C(=O)Nc1nnc(SCC(=O)OCC)s1. The minimum Gasteiger partial charge on any atom is -0.465 e. The first-order valence-electron chi connectivity index (χ1n) is 6.61. The van der Waals surface area contributed by atoms with Crippen LogP contribution in [0.4, 0.5) is 5.13 Å². The van der Waals surface area contributed by atoms with E-state index in [0.717, 1.165) is 6.42 Å². The minimum absolute atomic E-state index is 0.168. The Balaban J connectivity index is 2.52. The van der Waals surface area contributed by atoms with E-state index >= 15 is 0 Å². The van der Waals surface area contributed by atoms with Gasteiger partial charge in [0, 0.05) is 0 Å². The zero-order valence-corrected chi connectivity index (χ0v) is 14.0. The lowest BCUT2D eigenvalue weighted by Crippen LogP contribution is -2.48. The molecule has 1 aromatic heterocycles. The van der Waals surface area contributed by atoms with Crippen LogP contribution in [0.5, 0.6) is 0 Å². The van der Waals surface area contributed by atoms with Gasteiger partial charge in [-0.2, -0.15) is 0 Å². The molecule has 1 amide bonds. The summed E-state index contributed by atoms with van der Waals surface area (Å²) in [5, 5.41) is 10.8. The average Bonchev–Trinajstić information content (AvgIpc) is 2.84. The van der Waals surface area contributed by atoms with Crippen molar-refractivity contribution in [2.75, 3.05) is 17.7 Å². The Morgan fingerprint density at radius 3 is 2.76 bits per heavy atom. The summed E-state index contributed by atoms with van der Waals surface area (Å²) in [4.78, 5) is 23.2. The number of esters is 1. The number of ether oxygens (including phenoxy) is 1. The molecule has 9 heteroatoms. The largest absolute Gasteiger partial charge is 0.465 e. The second-order valence-electron chi connectivity index (χ2n) is 4.59. The zero-order valence-electron chi connectivity index (χ0n) is 12.3. The third-order valence-corrected chi connectivity index (χ3v) is 4.48. The van der Waals surface area contributed by atoms with Gasteiger partial charge in [0.2, 0.25) is 11.0 Å². The van der Waals surface area contributed by atoms with Gasteiger partial charge >= 0.3 is 5.97 Å². The average molecular weight is 332 g/mol. The topological polar surface area (TPSA) is 107 Å². The van der Waals surface area contributed by atoms with Crippen molar-refractivity contribution < 1.29 is 14.3 Å². The van der Waals surface area contributed by atoms with Gasteiger partial charge in [0.25, 0.3) is 0 Å². The molecule has 0 aliphatic rings. The fourth-order valence-corrected chi connectivity index (χ4v) is 3.06. The molecule has 0 radical (unpaired) electrons. The molecular weight excluding hydrogens is 312 g/mol. The second kappa shape index (κ2) is 8.30. The Labute approximate surface area is 132 Å². The number of rotatable bonds is 8. The van der Waals surface area contributed by atoms with Crippen molar-refractivity contribution in [3.8, 4) is 0 Å². The molecule has 3 N–H and O–H groups in total. The zero-order chi connectivity index (χ0) is 15.9. The van der Waals surface area contributed by atoms with Gasteiger partial charge in [-0.15, -0.1) is 10.2 Å². The van der Waals surface area contributed by atoms with Crippen LogP contribution < -0.4 is 11.1 Å². The highest BCUT2D eigenvalue weighted by atomic mass is 32.2. The Bertz CT molecular complexity index is 491. The Morgan fingerprint density at radius 2 is 2.14 bits per heavy atom. The summed E-state index contributed by atoms with van der Waals surface area (Å²) < 4.78 is 5.41. The summed E-state index contributed by atoms with van der Waals surface area (Å²) >= 11 is 2.42. The normalized spacial score (nSPS) is 13.5. The first-order valence-corrected chi connectivity index (χ1v) is 8.41. The number of hydrogen-bond acceptors (Lipinski definition) is 8. The van der Waals surface area contributed by atoms with Gasteiger partial charge in [0.15, 0.2) is 4.34 Å². The molecule has 0 aromatic carbocycles. The first-order chi connectivity index (χ1) is 9.89. The highest BCUT2D eigenvalue weighted by molar-refractivity contribution is 8.01. The summed E-state index contributed by atoms with van der Waals surface area (Å²) in [7, 11) is 0. The molecule has 0 aliphatic carbocycles. The maximum atomic E-state index is 12.0. The van der Waals surface area contributed by atoms with E-state index in [0.29, 0.717) is 22.5 Å². The van der Waals surface area contributed by atoms with Crippen LogP contribution in [-0.4, -0.2) is 40.0 Å². The molecule has 1 heterocycles. The maximum absolute atomic E-state index is 12.0. The van der Waals surface area contributed by atoms with E-state index in [9.17, 15) is 9.59 Å². The monoisotopic (exact) mass is 332 g/mol. The lowest BCUT2D eigenvalue weighted by molar-refractivity contribution is -0.139. The highest BCUT2D eigenvalue weighted by Gasteiger charge is 2.28. The fourth-order valence-electron chi connectivity index (χ4n) is 1.51. The van der Waals surface area contributed by atoms with Crippen molar-refractivity contribution in [3.63, 3.8) is 0 Å². The van der Waals surface area contributed by atoms with Gasteiger partial charge in [-0.25, -0.2) is 0 Å². The molecule has 1 aromatic rings. The number of amides is 1. The third-order valence-electron chi connectivity index (χ3n) is 2.53. The third kappa shape index (κ3) is 5.98. The highest BCUT2D eigenvalue weighted by Crippen LogP contribution is 2.26.